The summed E-state index contributed by atoms with van der Waals surface area (Å²) in [6.07, 6.45) is 8.44. The predicted molar refractivity (Wildman–Crippen MR) is 75.7 cm³/mol. The molecule has 0 aliphatic heterocycles. The summed E-state index contributed by atoms with van der Waals surface area (Å²) in [6.45, 7) is 5.28. The summed E-state index contributed by atoms with van der Waals surface area (Å²) < 4.78 is 0. The van der Waals surface area contributed by atoms with Crippen molar-refractivity contribution in [1.29, 1.82) is 0 Å². The lowest BCUT2D eigenvalue weighted by atomic mass is 9.99. The van der Waals surface area contributed by atoms with Gasteiger partial charge in [0.2, 0.25) is 0 Å². The van der Waals surface area contributed by atoms with Crippen LogP contribution in [0.15, 0.2) is 0 Å². The van der Waals surface area contributed by atoms with Gasteiger partial charge in [0.15, 0.2) is 0 Å². The standard InChI is InChI=1S/C15H30N2O/c1-3-16-14-8-6-7-13(14)11-17(2)12-15(18)9-4-5-10-15/h13-14,16,18H,3-12H2,1-2H3. The molecule has 106 valence electrons. The van der Waals surface area contributed by atoms with E-state index in [2.05, 4.69) is 24.2 Å². The van der Waals surface area contributed by atoms with E-state index in [9.17, 15) is 5.11 Å². The average molecular weight is 254 g/mol. The van der Waals surface area contributed by atoms with Gasteiger partial charge in [0, 0.05) is 19.1 Å². The van der Waals surface area contributed by atoms with Crippen molar-refractivity contribution in [2.24, 2.45) is 5.92 Å². The van der Waals surface area contributed by atoms with Crippen LogP contribution in [0, 0.1) is 5.92 Å². The maximum Gasteiger partial charge on any atom is 0.0774 e. The first-order chi connectivity index (χ1) is 8.63. The highest BCUT2D eigenvalue weighted by Gasteiger charge is 2.34. The predicted octanol–water partition coefficient (Wildman–Crippen LogP) is 2.00. The van der Waals surface area contributed by atoms with Gasteiger partial charge in [-0.1, -0.05) is 26.2 Å². The zero-order valence-electron chi connectivity index (χ0n) is 12.1. The zero-order chi connectivity index (χ0) is 13.0. The second-order valence-electron chi connectivity index (χ2n) is 6.48. The Morgan fingerprint density at radius 1 is 1.22 bits per heavy atom. The molecule has 0 bridgehead atoms. The molecule has 3 heteroatoms. The Labute approximate surface area is 112 Å². The van der Waals surface area contributed by atoms with Crippen LogP contribution in [0.3, 0.4) is 0 Å². The molecule has 0 radical (unpaired) electrons. The molecule has 2 aliphatic carbocycles. The van der Waals surface area contributed by atoms with Gasteiger partial charge in [-0.05, 0) is 45.2 Å². The highest BCUT2D eigenvalue weighted by atomic mass is 16.3. The summed E-state index contributed by atoms with van der Waals surface area (Å²) in [6, 6.07) is 0.704. The highest BCUT2D eigenvalue weighted by molar-refractivity contribution is 4.89. The fourth-order valence-electron chi connectivity index (χ4n) is 3.94. The third-order valence-corrected chi connectivity index (χ3v) is 4.77. The third-order valence-electron chi connectivity index (χ3n) is 4.77. The van der Waals surface area contributed by atoms with E-state index in [-0.39, 0.29) is 5.60 Å². The Morgan fingerprint density at radius 3 is 2.61 bits per heavy atom. The molecule has 3 nitrogen and oxygen atoms in total. The van der Waals surface area contributed by atoms with E-state index in [0.717, 1.165) is 38.4 Å². The first-order valence-electron chi connectivity index (χ1n) is 7.77. The summed E-state index contributed by atoms with van der Waals surface area (Å²) >= 11 is 0. The van der Waals surface area contributed by atoms with Gasteiger partial charge < -0.3 is 15.3 Å². The highest BCUT2D eigenvalue weighted by Crippen LogP contribution is 2.31. The van der Waals surface area contributed by atoms with E-state index in [1.54, 1.807) is 0 Å². The number of rotatable bonds is 6. The third kappa shape index (κ3) is 3.69. The van der Waals surface area contributed by atoms with Gasteiger partial charge in [-0.15, -0.1) is 0 Å². The molecule has 2 N–H and O–H groups in total. The molecule has 0 aromatic rings. The number of hydrogen-bond acceptors (Lipinski definition) is 3. The van der Waals surface area contributed by atoms with Crippen LogP contribution < -0.4 is 5.32 Å². The Hall–Kier alpha value is -0.120. The summed E-state index contributed by atoms with van der Waals surface area (Å²) in [7, 11) is 2.18. The van der Waals surface area contributed by atoms with E-state index >= 15 is 0 Å². The van der Waals surface area contributed by atoms with Crippen molar-refractivity contribution in [2.75, 3.05) is 26.7 Å². The van der Waals surface area contributed by atoms with Crippen molar-refractivity contribution < 1.29 is 5.11 Å². The van der Waals surface area contributed by atoms with Crippen LogP contribution in [-0.4, -0.2) is 48.3 Å². The van der Waals surface area contributed by atoms with Crippen LogP contribution in [0.4, 0.5) is 0 Å². The first-order valence-corrected chi connectivity index (χ1v) is 7.77. The molecular weight excluding hydrogens is 224 g/mol. The zero-order valence-corrected chi connectivity index (χ0v) is 12.1. The number of aliphatic hydroxyl groups is 1. The van der Waals surface area contributed by atoms with Crippen LogP contribution in [0.1, 0.15) is 51.9 Å². The second kappa shape index (κ2) is 6.36. The molecule has 0 aromatic heterocycles. The Morgan fingerprint density at radius 2 is 1.94 bits per heavy atom. The lowest BCUT2D eigenvalue weighted by Gasteiger charge is -2.32. The summed E-state index contributed by atoms with van der Waals surface area (Å²) in [5.74, 6) is 0.778. The monoisotopic (exact) mass is 254 g/mol. The van der Waals surface area contributed by atoms with Gasteiger partial charge in [0.25, 0.3) is 0 Å². The van der Waals surface area contributed by atoms with E-state index in [4.69, 9.17) is 0 Å². The van der Waals surface area contributed by atoms with Gasteiger partial charge in [0.05, 0.1) is 5.60 Å². The minimum Gasteiger partial charge on any atom is -0.389 e. The number of likely N-dealkylation sites (N-methyl/N-ethyl adjacent to an activating group) is 1. The van der Waals surface area contributed by atoms with E-state index in [1.165, 1.54) is 32.1 Å². The van der Waals surface area contributed by atoms with Crippen LogP contribution in [0.25, 0.3) is 0 Å². The topological polar surface area (TPSA) is 35.5 Å². The summed E-state index contributed by atoms with van der Waals surface area (Å²) in [4.78, 5) is 2.37. The fraction of sp³-hybridized carbons (Fsp3) is 1.00. The molecular formula is C15H30N2O. The molecule has 0 spiro atoms. The molecule has 2 aliphatic rings. The van der Waals surface area contributed by atoms with Crippen molar-refractivity contribution in [1.82, 2.24) is 10.2 Å². The molecule has 2 saturated carbocycles. The molecule has 0 heterocycles. The normalized spacial score (nSPS) is 31.3. The molecule has 0 aromatic carbocycles. The van der Waals surface area contributed by atoms with Gasteiger partial charge in [-0.25, -0.2) is 0 Å². The largest absolute Gasteiger partial charge is 0.389 e. The lowest BCUT2D eigenvalue weighted by Crippen LogP contribution is -2.44. The van der Waals surface area contributed by atoms with Gasteiger partial charge >= 0.3 is 0 Å². The van der Waals surface area contributed by atoms with Gasteiger partial charge in [-0.3, -0.25) is 0 Å². The van der Waals surface area contributed by atoms with E-state index in [1.807, 2.05) is 0 Å². The minimum atomic E-state index is -0.388. The quantitative estimate of drug-likeness (QED) is 0.761. The Bertz CT molecular complexity index is 251. The molecule has 2 fully saturated rings. The molecule has 18 heavy (non-hydrogen) atoms. The van der Waals surface area contributed by atoms with Crippen LogP contribution in [0.5, 0.6) is 0 Å². The average Bonchev–Trinajstić information content (AvgIpc) is 2.89. The van der Waals surface area contributed by atoms with Crippen molar-refractivity contribution >= 4 is 0 Å². The molecule has 2 atom stereocenters. The lowest BCUT2D eigenvalue weighted by molar-refractivity contribution is 0.0122. The summed E-state index contributed by atoms with van der Waals surface area (Å²) in [5, 5.41) is 14.1. The van der Waals surface area contributed by atoms with E-state index < -0.39 is 0 Å². The second-order valence-corrected chi connectivity index (χ2v) is 6.48. The number of nitrogens with zero attached hydrogens (tertiary/aromatic N) is 1. The van der Waals surface area contributed by atoms with Crippen LogP contribution >= 0.6 is 0 Å². The van der Waals surface area contributed by atoms with Gasteiger partial charge in [0.1, 0.15) is 0 Å². The first kappa shape index (κ1) is 14.3. The SMILES string of the molecule is CCNC1CCCC1CN(C)CC1(O)CCCC1. The van der Waals surface area contributed by atoms with Crippen molar-refractivity contribution in [3.05, 3.63) is 0 Å². The Balaban J connectivity index is 1.77. The maximum absolute atomic E-state index is 10.4. The van der Waals surface area contributed by atoms with Gasteiger partial charge in [-0.2, -0.15) is 0 Å². The fourth-order valence-corrected chi connectivity index (χ4v) is 3.94. The number of hydrogen-bond donors (Lipinski definition) is 2. The van der Waals surface area contributed by atoms with Crippen molar-refractivity contribution in [3.8, 4) is 0 Å². The van der Waals surface area contributed by atoms with Crippen molar-refractivity contribution in [2.45, 2.75) is 63.5 Å². The molecule has 2 rings (SSSR count). The molecule has 2 unspecified atom stereocenters. The maximum atomic E-state index is 10.4. The minimum absolute atomic E-state index is 0.388. The number of nitrogens with one attached hydrogen (secondary N) is 1. The smallest absolute Gasteiger partial charge is 0.0774 e. The van der Waals surface area contributed by atoms with Crippen LogP contribution in [0.2, 0.25) is 0 Å². The summed E-state index contributed by atoms with van der Waals surface area (Å²) in [5.41, 5.74) is -0.388. The molecule has 0 amide bonds. The van der Waals surface area contributed by atoms with Crippen molar-refractivity contribution in [3.63, 3.8) is 0 Å². The molecule has 0 saturated heterocycles. The van der Waals surface area contributed by atoms with E-state index in [0.29, 0.717) is 6.04 Å². The van der Waals surface area contributed by atoms with Crippen LogP contribution in [-0.2, 0) is 0 Å². The Kier molecular flexibility index (Phi) is 5.05.